The highest BCUT2D eigenvalue weighted by atomic mass is 16.2. The van der Waals surface area contributed by atoms with Crippen LogP contribution in [0.1, 0.15) is 29.4 Å². The number of hydrogen-bond donors (Lipinski definition) is 1. The average Bonchev–Trinajstić information content (AvgIpc) is 2.68. The first-order valence-corrected chi connectivity index (χ1v) is 9.01. The molecule has 1 N–H and O–H groups in total. The Morgan fingerprint density at radius 1 is 1.08 bits per heavy atom. The Kier molecular flexibility index (Phi) is 6.01. The van der Waals surface area contributed by atoms with Gasteiger partial charge >= 0.3 is 0 Å². The van der Waals surface area contributed by atoms with Gasteiger partial charge in [-0.05, 0) is 24.1 Å². The third-order valence-corrected chi connectivity index (χ3v) is 4.47. The van der Waals surface area contributed by atoms with E-state index in [2.05, 4.69) is 46.4 Å². The van der Waals surface area contributed by atoms with Gasteiger partial charge in [-0.2, -0.15) is 0 Å². The lowest BCUT2D eigenvalue weighted by Crippen LogP contribution is -2.48. The molecule has 1 aliphatic heterocycles. The highest BCUT2D eigenvalue weighted by Crippen LogP contribution is 2.12. The third kappa shape index (κ3) is 4.79. The number of carbonyl (C=O) groups is 1. The zero-order valence-corrected chi connectivity index (χ0v) is 14.8. The van der Waals surface area contributed by atoms with E-state index >= 15 is 0 Å². The highest BCUT2D eigenvalue weighted by Gasteiger charge is 2.22. The van der Waals surface area contributed by atoms with Crippen LogP contribution in [0.15, 0.2) is 48.7 Å². The van der Waals surface area contributed by atoms with Crippen LogP contribution in [0.25, 0.3) is 0 Å². The summed E-state index contributed by atoms with van der Waals surface area (Å²) in [5.74, 6) is 0.0291. The largest absolute Gasteiger partial charge is 0.384 e. The number of benzene rings is 1. The Morgan fingerprint density at radius 3 is 2.48 bits per heavy atom. The van der Waals surface area contributed by atoms with Crippen LogP contribution >= 0.6 is 0 Å². The molecule has 25 heavy (non-hydrogen) atoms. The maximum Gasteiger partial charge on any atom is 0.272 e. The summed E-state index contributed by atoms with van der Waals surface area (Å²) in [6.45, 7) is 7.28. The van der Waals surface area contributed by atoms with Gasteiger partial charge in [0.2, 0.25) is 0 Å². The minimum absolute atomic E-state index is 0.0291. The Hall–Kier alpha value is -2.40. The van der Waals surface area contributed by atoms with Crippen LogP contribution in [0.3, 0.4) is 0 Å². The molecule has 1 aromatic carbocycles. The summed E-state index contributed by atoms with van der Waals surface area (Å²) in [6.07, 6.45) is 2.81. The molecule has 3 rings (SSSR count). The van der Waals surface area contributed by atoms with Crippen molar-refractivity contribution in [3.8, 4) is 0 Å². The minimum Gasteiger partial charge on any atom is -0.384 e. The molecular formula is C20H26N4O. The third-order valence-electron chi connectivity index (χ3n) is 4.47. The van der Waals surface area contributed by atoms with E-state index in [0.29, 0.717) is 5.69 Å². The molecule has 1 fully saturated rings. The Balaban J connectivity index is 1.51. The molecule has 5 nitrogen and oxygen atoms in total. The summed E-state index contributed by atoms with van der Waals surface area (Å²) in [7, 11) is 0. The van der Waals surface area contributed by atoms with Crippen molar-refractivity contribution in [2.45, 2.75) is 19.9 Å². The van der Waals surface area contributed by atoms with E-state index in [1.54, 1.807) is 6.20 Å². The van der Waals surface area contributed by atoms with Crippen LogP contribution in [0.2, 0.25) is 0 Å². The van der Waals surface area contributed by atoms with Crippen LogP contribution in [-0.2, 0) is 6.54 Å². The molecular weight excluding hydrogens is 312 g/mol. The van der Waals surface area contributed by atoms with Crippen molar-refractivity contribution in [2.75, 3.05) is 38.0 Å². The van der Waals surface area contributed by atoms with Gasteiger partial charge in [-0.15, -0.1) is 0 Å². The Morgan fingerprint density at radius 2 is 1.84 bits per heavy atom. The summed E-state index contributed by atoms with van der Waals surface area (Å²) in [5.41, 5.74) is 2.81. The standard InChI is InChI=1S/C20H26N4O/c1-2-10-21-18-8-9-19(22-15-18)20(25)24-13-11-23(12-14-24)16-17-6-4-3-5-7-17/h3-9,15,21H,2,10-14,16H2,1H3. The van der Waals surface area contributed by atoms with Crippen molar-refractivity contribution in [1.82, 2.24) is 14.8 Å². The van der Waals surface area contributed by atoms with E-state index in [1.165, 1.54) is 5.56 Å². The molecule has 0 saturated carbocycles. The number of nitrogens with zero attached hydrogens (tertiary/aromatic N) is 3. The van der Waals surface area contributed by atoms with Gasteiger partial charge in [-0.3, -0.25) is 9.69 Å². The second-order valence-electron chi connectivity index (χ2n) is 6.41. The summed E-state index contributed by atoms with van der Waals surface area (Å²) >= 11 is 0. The van der Waals surface area contributed by atoms with E-state index in [4.69, 9.17) is 0 Å². The number of amides is 1. The van der Waals surface area contributed by atoms with E-state index in [1.807, 2.05) is 23.1 Å². The van der Waals surface area contributed by atoms with E-state index in [-0.39, 0.29) is 5.91 Å². The number of aromatic nitrogens is 1. The smallest absolute Gasteiger partial charge is 0.272 e. The van der Waals surface area contributed by atoms with Crippen LogP contribution < -0.4 is 5.32 Å². The molecule has 1 saturated heterocycles. The number of anilines is 1. The predicted molar refractivity (Wildman–Crippen MR) is 101 cm³/mol. The number of rotatable bonds is 6. The second kappa shape index (κ2) is 8.62. The van der Waals surface area contributed by atoms with Crippen molar-refractivity contribution < 1.29 is 4.79 Å². The lowest BCUT2D eigenvalue weighted by Gasteiger charge is -2.34. The Labute approximate surface area is 149 Å². The molecule has 1 aromatic heterocycles. The molecule has 0 bridgehead atoms. The molecule has 0 unspecified atom stereocenters. The average molecular weight is 338 g/mol. The number of hydrogen-bond acceptors (Lipinski definition) is 4. The van der Waals surface area contributed by atoms with Crippen LogP contribution in [0.5, 0.6) is 0 Å². The van der Waals surface area contributed by atoms with Gasteiger partial charge in [0.1, 0.15) is 5.69 Å². The maximum atomic E-state index is 12.6. The van der Waals surface area contributed by atoms with Gasteiger partial charge in [0.25, 0.3) is 5.91 Å². The van der Waals surface area contributed by atoms with Crippen LogP contribution in [-0.4, -0.2) is 53.4 Å². The fraction of sp³-hybridized carbons (Fsp3) is 0.400. The molecule has 1 amide bonds. The van der Waals surface area contributed by atoms with Crippen molar-refractivity contribution in [1.29, 1.82) is 0 Å². The van der Waals surface area contributed by atoms with Gasteiger partial charge < -0.3 is 10.2 Å². The molecule has 0 radical (unpaired) electrons. The number of piperazine rings is 1. The van der Waals surface area contributed by atoms with Crippen molar-refractivity contribution in [2.24, 2.45) is 0 Å². The van der Waals surface area contributed by atoms with Gasteiger partial charge in [-0.25, -0.2) is 4.98 Å². The maximum absolute atomic E-state index is 12.6. The number of nitrogens with one attached hydrogen (secondary N) is 1. The van der Waals surface area contributed by atoms with Crippen LogP contribution in [0, 0.1) is 0 Å². The summed E-state index contributed by atoms with van der Waals surface area (Å²) < 4.78 is 0. The van der Waals surface area contributed by atoms with Gasteiger partial charge in [-0.1, -0.05) is 37.3 Å². The number of pyridine rings is 1. The van der Waals surface area contributed by atoms with Gasteiger partial charge in [0, 0.05) is 39.3 Å². The zero-order chi connectivity index (χ0) is 17.5. The SMILES string of the molecule is CCCNc1ccc(C(=O)N2CCN(Cc3ccccc3)CC2)nc1. The van der Waals surface area contributed by atoms with E-state index in [0.717, 1.165) is 51.4 Å². The molecule has 2 aromatic rings. The first-order valence-electron chi connectivity index (χ1n) is 9.01. The fourth-order valence-electron chi connectivity index (χ4n) is 3.01. The quantitative estimate of drug-likeness (QED) is 0.880. The molecule has 1 aliphatic rings. The summed E-state index contributed by atoms with van der Waals surface area (Å²) in [6, 6.07) is 14.2. The lowest BCUT2D eigenvalue weighted by atomic mass is 10.2. The topological polar surface area (TPSA) is 48.5 Å². The van der Waals surface area contributed by atoms with Crippen molar-refractivity contribution >= 4 is 11.6 Å². The fourth-order valence-corrected chi connectivity index (χ4v) is 3.01. The first-order chi connectivity index (χ1) is 12.3. The van der Waals surface area contributed by atoms with Gasteiger partial charge in [0.15, 0.2) is 0 Å². The van der Waals surface area contributed by atoms with E-state index in [9.17, 15) is 4.79 Å². The van der Waals surface area contributed by atoms with Gasteiger partial charge in [0.05, 0.1) is 11.9 Å². The molecule has 2 heterocycles. The molecule has 5 heteroatoms. The first kappa shape index (κ1) is 17.4. The van der Waals surface area contributed by atoms with Crippen molar-refractivity contribution in [3.05, 3.63) is 59.9 Å². The normalized spacial score (nSPS) is 15.2. The summed E-state index contributed by atoms with van der Waals surface area (Å²) in [5, 5.41) is 3.27. The van der Waals surface area contributed by atoms with Crippen molar-refractivity contribution in [3.63, 3.8) is 0 Å². The summed E-state index contributed by atoms with van der Waals surface area (Å²) in [4.78, 5) is 21.2. The molecule has 132 valence electrons. The monoisotopic (exact) mass is 338 g/mol. The number of carbonyl (C=O) groups excluding carboxylic acids is 1. The van der Waals surface area contributed by atoms with E-state index < -0.39 is 0 Å². The lowest BCUT2D eigenvalue weighted by molar-refractivity contribution is 0.0623. The molecule has 0 spiro atoms. The minimum atomic E-state index is 0.0291. The highest BCUT2D eigenvalue weighted by molar-refractivity contribution is 5.92. The molecule has 0 atom stereocenters. The molecule has 0 aliphatic carbocycles. The predicted octanol–water partition coefficient (Wildman–Crippen LogP) is 2.86. The second-order valence-corrected chi connectivity index (χ2v) is 6.41. The van der Waals surface area contributed by atoms with Crippen LogP contribution in [0.4, 0.5) is 5.69 Å². The Bertz CT molecular complexity index is 664. The zero-order valence-electron chi connectivity index (χ0n) is 14.8.